The smallest absolute Gasteiger partial charge is 0.480 e. The number of hydrogen-bond donors (Lipinski definition) is 7. The standard InChI is InChI=1S/C10H20N4O3.2C2HF3O2/c1-2-4-8(15)14-7(9(16)17)5-3-6-13-10(11)12;2*3-2(4,5)1(6)7/h7H,2-6H2,1H3,(H,14,15)(H,16,17)(H4,11,12,13);2*(H,6,7)/t7-;;/m0../s1. The van der Waals surface area contributed by atoms with Gasteiger partial charge in [-0.15, -0.1) is 0 Å². The molecule has 0 aromatic heterocycles. The van der Waals surface area contributed by atoms with Gasteiger partial charge in [-0.3, -0.25) is 10.2 Å². The van der Waals surface area contributed by atoms with Crippen LogP contribution >= 0.6 is 0 Å². The van der Waals surface area contributed by atoms with Crippen molar-refractivity contribution in [2.24, 2.45) is 5.73 Å². The number of aliphatic carboxylic acids is 3. The van der Waals surface area contributed by atoms with Crippen molar-refractivity contribution in [3.05, 3.63) is 0 Å². The first-order chi connectivity index (χ1) is 13.9. The lowest BCUT2D eigenvalue weighted by atomic mass is 10.1. The SMILES string of the molecule is CCCC(=O)N[C@@H](CCCNC(=N)N)C(=O)O.O=C(O)C(F)(F)F.O=C(O)C(F)(F)F. The first-order valence-corrected chi connectivity index (χ1v) is 8.06. The van der Waals surface area contributed by atoms with Crippen LogP contribution in [-0.2, 0) is 19.2 Å². The van der Waals surface area contributed by atoms with E-state index >= 15 is 0 Å². The van der Waals surface area contributed by atoms with Gasteiger partial charge in [-0.2, -0.15) is 26.3 Å². The van der Waals surface area contributed by atoms with Crippen molar-refractivity contribution in [2.45, 2.75) is 51.0 Å². The van der Waals surface area contributed by atoms with Crippen LogP contribution in [0.25, 0.3) is 0 Å². The summed E-state index contributed by atoms with van der Waals surface area (Å²) in [6.07, 6.45) is -8.33. The molecule has 0 saturated carbocycles. The third-order valence-electron chi connectivity index (χ3n) is 2.58. The molecule has 31 heavy (non-hydrogen) atoms. The van der Waals surface area contributed by atoms with Crippen LogP contribution in [-0.4, -0.2) is 70.0 Å². The Morgan fingerprint density at radius 3 is 1.61 bits per heavy atom. The Morgan fingerprint density at radius 1 is 0.968 bits per heavy atom. The van der Waals surface area contributed by atoms with E-state index < -0.39 is 36.3 Å². The number of hydrogen-bond acceptors (Lipinski definition) is 5. The lowest BCUT2D eigenvalue weighted by Gasteiger charge is -2.14. The van der Waals surface area contributed by atoms with Crippen LogP contribution in [0, 0.1) is 5.41 Å². The predicted octanol–water partition coefficient (Wildman–Crippen LogP) is 0.886. The average Bonchev–Trinajstić information content (AvgIpc) is 2.56. The topological polar surface area (TPSA) is 203 Å². The highest BCUT2D eigenvalue weighted by molar-refractivity contribution is 5.83. The van der Waals surface area contributed by atoms with Crippen molar-refractivity contribution in [3.63, 3.8) is 0 Å². The van der Waals surface area contributed by atoms with Crippen LogP contribution in [0.3, 0.4) is 0 Å². The summed E-state index contributed by atoms with van der Waals surface area (Å²) in [5.41, 5.74) is 5.08. The zero-order chi connectivity index (χ0) is 25.4. The molecule has 0 aliphatic rings. The van der Waals surface area contributed by atoms with E-state index in [1.54, 1.807) is 0 Å². The monoisotopic (exact) mass is 472 g/mol. The Labute approximate surface area is 171 Å². The van der Waals surface area contributed by atoms with Crippen LogP contribution in [0.1, 0.15) is 32.6 Å². The molecule has 11 nitrogen and oxygen atoms in total. The maximum atomic E-state index is 11.3. The number of guanidine groups is 1. The van der Waals surface area contributed by atoms with Gasteiger partial charge in [0.1, 0.15) is 6.04 Å². The van der Waals surface area contributed by atoms with Gasteiger partial charge < -0.3 is 31.7 Å². The number of halogens is 6. The highest BCUT2D eigenvalue weighted by Gasteiger charge is 2.38. The van der Waals surface area contributed by atoms with Crippen LogP contribution in [0.15, 0.2) is 0 Å². The fraction of sp³-hybridized carbons (Fsp3) is 0.643. The number of nitrogens with two attached hydrogens (primary N) is 1. The lowest BCUT2D eigenvalue weighted by Crippen LogP contribution is -2.41. The molecule has 17 heteroatoms. The maximum Gasteiger partial charge on any atom is 0.490 e. The summed E-state index contributed by atoms with van der Waals surface area (Å²) in [5, 5.41) is 35.1. The van der Waals surface area contributed by atoms with Gasteiger partial charge in [0.15, 0.2) is 5.96 Å². The highest BCUT2D eigenvalue weighted by atomic mass is 19.4. The fourth-order valence-electron chi connectivity index (χ4n) is 1.28. The van der Waals surface area contributed by atoms with Crippen LogP contribution in [0.4, 0.5) is 26.3 Å². The van der Waals surface area contributed by atoms with E-state index in [1.807, 2.05) is 6.92 Å². The Kier molecular flexibility index (Phi) is 16.3. The molecule has 182 valence electrons. The molecule has 0 heterocycles. The van der Waals surface area contributed by atoms with Gasteiger partial charge in [-0.1, -0.05) is 6.92 Å². The molecular formula is C14H22F6N4O7. The molecule has 0 radical (unpaired) electrons. The van der Waals surface area contributed by atoms with E-state index in [4.69, 9.17) is 36.1 Å². The third kappa shape index (κ3) is 22.9. The molecule has 0 spiro atoms. The van der Waals surface area contributed by atoms with Crippen molar-refractivity contribution in [2.75, 3.05) is 6.54 Å². The fourth-order valence-corrected chi connectivity index (χ4v) is 1.28. The minimum absolute atomic E-state index is 0.146. The molecule has 0 aliphatic carbocycles. The number of carboxylic acids is 3. The quantitative estimate of drug-likeness (QED) is 0.116. The summed E-state index contributed by atoms with van der Waals surface area (Å²) in [7, 11) is 0. The molecule has 0 bridgehead atoms. The van der Waals surface area contributed by atoms with Crippen molar-refractivity contribution in [3.8, 4) is 0 Å². The lowest BCUT2D eigenvalue weighted by molar-refractivity contribution is -0.193. The number of carbonyl (C=O) groups is 4. The van der Waals surface area contributed by atoms with Crippen LogP contribution in [0.2, 0.25) is 0 Å². The average molecular weight is 472 g/mol. The number of carbonyl (C=O) groups excluding carboxylic acids is 1. The normalized spacial score (nSPS) is 11.5. The van der Waals surface area contributed by atoms with Gasteiger partial charge in [0, 0.05) is 13.0 Å². The Hall–Kier alpha value is -3.27. The predicted molar refractivity (Wildman–Crippen MR) is 91.0 cm³/mol. The molecule has 8 N–H and O–H groups in total. The Bertz CT molecular complexity index is 587. The number of carboxylic acid groups (broad SMARTS) is 3. The third-order valence-corrected chi connectivity index (χ3v) is 2.58. The van der Waals surface area contributed by atoms with Gasteiger partial charge in [0.25, 0.3) is 0 Å². The molecule has 0 saturated heterocycles. The minimum Gasteiger partial charge on any atom is -0.480 e. The maximum absolute atomic E-state index is 11.3. The molecule has 0 aromatic carbocycles. The minimum atomic E-state index is -5.08. The van der Waals surface area contributed by atoms with Crippen molar-refractivity contribution >= 4 is 29.8 Å². The second-order valence-corrected chi connectivity index (χ2v) is 5.30. The van der Waals surface area contributed by atoms with Gasteiger partial charge in [0.05, 0.1) is 0 Å². The zero-order valence-corrected chi connectivity index (χ0v) is 15.9. The van der Waals surface area contributed by atoms with Crippen molar-refractivity contribution < 1.29 is 60.8 Å². The van der Waals surface area contributed by atoms with Crippen molar-refractivity contribution in [1.82, 2.24) is 10.6 Å². The van der Waals surface area contributed by atoms with Gasteiger partial charge in [-0.05, 0) is 19.3 Å². The summed E-state index contributed by atoms with van der Waals surface area (Å²) in [4.78, 5) is 39.9. The number of nitrogens with one attached hydrogen (secondary N) is 3. The molecule has 0 fully saturated rings. The van der Waals surface area contributed by atoms with E-state index in [0.717, 1.165) is 0 Å². The second kappa shape index (κ2) is 15.6. The summed E-state index contributed by atoms with van der Waals surface area (Å²) in [5.74, 6) is -6.96. The van der Waals surface area contributed by atoms with Crippen LogP contribution < -0.4 is 16.4 Å². The molecule has 1 atom stereocenters. The van der Waals surface area contributed by atoms with Crippen LogP contribution in [0.5, 0.6) is 0 Å². The number of amides is 1. The molecule has 0 aromatic rings. The zero-order valence-electron chi connectivity index (χ0n) is 15.9. The van der Waals surface area contributed by atoms with E-state index in [9.17, 15) is 35.9 Å². The summed E-state index contributed by atoms with van der Waals surface area (Å²) >= 11 is 0. The highest BCUT2D eigenvalue weighted by Crippen LogP contribution is 2.13. The van der Waals surface area contributed by atoms with Gasteiger partial charge >= 0.3 is 30.3 Å². The summed E-state index contributed by atoms with van der Waals surface area (Å²) < 4.78 is 63.5. The molecule has 0 aliphatic heterocycles. The van der Waals surface area contributed by atoms with Crippen molar-refractivity contribution in [1.29, 1.82) is 5.41 Å². The van der Waals surface area contributed by atoms with E-state index in [-0.39, 0.29) is 11.9 Å². The Morgan fingerprint density at radius 2 is 1.35 bits per heavy atom. The summed E-state index contributed by atoms with van der Waals surface area (Å²) in [6, 6.07) is -0.872. The second-order valence-electron chi connectivity index (χ2n) is 5.30. The van der Waals surface area contributed by atoms with Gasteiger partial charge in [-0.25, -0.2) is 14.4 Å². The van der Waals surface area contributed by atoms with E-state index in [1.165, 1.54) is 0 Å². The van der Waals surface area contributed by atoms with E-state index in [0.29, 0.717) is 32.2 Å². The molecule has 1 amide bonds. The Balaban J connectivity index is -0.000000460. The molecule has 0 unspecified atom stereocenters. The number of rotatable bonds is 8. The first-order valence-electron chi connectivity index (χ1n) is 8.06. The van der Waals surface area contributed by atoms with E-state index in [2.05, 4.69) is 10.6 Å². The van der Waals surface area contributed by atoms with Gasteiger partial charge in [0.2, 0.25) is 5.91 Å². The molecule has 0 rings (SSSR count). The first kappa shape index (κ1) is 32.4. The number of alkyl halides is 6. The summed E-state index contributed by atoms with van der Waals surface area (Å²) in [6.45, 7) is 2.27. The largest absolute Gasteiger partial charge is 0.490 e. The molecular weight excluding hydrogens is 450 g/mol.